The minimum atomic E-state index is 0. The van der Waals surface area contributed by atoms with E-state index < -0.39 is 0 Å². The van der Waals surface area contributed by atoms with Crippen molar-refractivity contribution in [1.29, 1.82) is 0 Å². The summed E-state index contributed by atoms with van der Waals surface area (Å²) in [5, 5.41) is 0. The van der Waals surface area contributed by atoms with Crippen molar-refractivity contribution in [3.63, 3.8) is 0 Å². The molecule has 5 rings (SSSR count). The molecule has 0 N–H and O–H groups in total. The summed E-state index contributed by atoms with van der Waals surface area (Å²) >= 11 is 5.46. The quantitative estimate of drug-likeness (QED) is 0.573. The van der Waals surface area contributed by atoms with Crippen LogP contribution in [0.15, 0.2) is 70.5 Å². The Labute approximate surface area is 210 Å². The van der Waals surface area contributed by atoms with Crippen molar-refractivity contribution in [1.82, 2.24) is 0 Å². The minimum Gasteiger partial charge on any atom is -1.00 e. The molecule has 1 aliphatic heterocycles. The second-order valence-electron chi connectivity index (χ2n) is 7.04. The Morgan fingerprint density at radius 1 is 1.07 bits per heavy atom. The molecule has 0 radical (unpaired) electrons. The van der Waals surface area contributed by atoms with Crippen LogP contribution in [0.25, 0.3) is 11.6 Å². The zero-order valence-electron chi connectivity index (χ0n) is 16.5. The number of hydrogen-bond donors (Lipinski definition) is 0. The average Bonchev–Trinajstić information content (AvgIpc) is 3.41. The van der Waals surface area contributed by atoms with Crippen LogP contribution in [0, 0.1) is 5.92 Å². The summed E-state index contributed by atoms with van der Waals surface area (Å²) in [6.45, 7) is 4.41. The van der Waals surface area contributed by atoms with Crippen LogP contribution in [0.5, 0.6) is 0 Å². The number of benzene rings is 1. The third-order valence-electron chi connectivity index (χ3n) is 4.97. The standard InChI is InChI=1S/C16H15S.C8H8S.2ClH.Zr/c1-2-5-15-8-9-16(17-15)14-10-12-6-3-4-7-13(12)11-14;1-6-5-7-3-2-4-8(7)9-6;;;/h3-4,6-11H,2,5H2,1H3;2-5,7H,1H3;2*1H;/q;;;;+2/p-2. The van der Waals surface area contributed by atoms with E-state index in [1.165, 1.54) is 49.1 Å². The molecule has 2 atom stereocenters. The monoisotopic (exact) mass is 535 g/mol. The Hall–Kier alpha value is -0.307. The van der Waals surface area contributed by atoms with Crippen molar-refractivity contribution in [2.45, 2.75) is 30.3 Å². The molecule has 1 aromatic carbocycles. The summed E-state index contributed by atoms with van der Waals surface area (Å²) in [6.07, 6.45) is 13.7. The van der Waals surface area contributed by atoms with Gasteiger partial charge in [-0.2, -0.15) is 0 Å². The van der Waals surface area contributed by atoms with Crippen LogP contribution in [0.3, 0.4) is 0 Å². The molecule has 2 unspecified atom stereocenters. The predicted octanol–water partition coefficient (Wildman–Crippen LogP) is 1.56. The largest absolute Gasteiger partial charge is 1.00 e. The molecule has 0 saturated heterocycles. The molecule has 0 saturated carbocycles. The summed E-state index contributed by atoms with van der Waals surface area (Å²) in [6, 6.07) is 13.4. The van der Waals surface area contributed by atoms with Gasteiger partial charge >= 0.3 is 128 Å². The summed E-state index contributed by atoms with van der Waals surface area (Å²) in [4.78, 5) is 5.92. The van der Waals surface area contributed by atoms with Crippen LogP contribution in [0.2, 0.25) is 0 Å². The normalized spacial score (nSPS) is 20.3. The van der Waals surface area contributed by atoms with Gasteiger partial charge in [0.15, 0.2) is 0 Å². The number of thiophene rings is 1. The van der Waals surface area contributed by atoms with Crippen molar-refractivity contribution in [2.75, 3.05) is 0 Å². The van der Waals surface area contributed by atoms with Crippen LogP contribution in [0.4, 0.5) is 0 Å². The first-order chi connectivity index (χ1) is 13.2. The van der Waals surface area contributed by atoms with E-state index in [0.717, 1.165) is 0 Å². The van der Waals surface area contributed by atoms with Gasteiger partial charge in [-0.15, -0.1) is 0 Å². The number of thioether (sulfide) groups is 1. The summed E-state index contributed by atoms with van der Waals surface area (Å²) in [5.41, 5.74) is 4.46. The molecule has 0 spiro atoms. The number of aryl methyl sites for hydroxylation is 1. The number of fused-ring (bicyclic) bond motifs is 2. The molecule has 2 aliphatic carbocycles. The van der Waals surface area contributed by atoms with Gasteiger partial charge in [-0.1, -0.05) is 36.1 Å². The maximum absolute atomic E-state index is 2.39. The van der Waals surface area contributed by atoms with Gasteiger partial charge in [-0.3, -0.25) is 0 Å². The minimum absolute atomic E-state index is 0. The first-order valence-corrected chi connectivity index (χ1v) is 12.6. The first-order valence-electron chi connectivity index (χ1n) is 9.51. The third-order valence-corrected chi connectivity index (χ3v) is 8.80. The van der Waals surface area contributed by atoms with Crippen LogP contribution < -0.4 is 24.8 Å². The Morgan fingerprint density at radius 2 is 1.86 bits per heavy atom. The summed E-state index contributed by atoms with van der Waals surface area (Å²) in [7, 11) is 0. The van der Waals surface area contributed by atoms with Crippen molar-refractivity contribution in [3.8, 4) is 0 Å². The average molecular weight is 538 g/mol. The van der Waals surface area contributed by atoms with Crippen LogP contribution in [-0.2, 0) is 31.1 Å². The number of allylic oxidation sites excluding steroid dienone is 7. The molecule has 3 aliphatic rings. The van der Waals surface area contributed by atoms with E-state index in [-0.39, 0.29) is 24.8 Å². The van der Waals surface area contributed by atoms with Gasteiger partial charge in [0.25, 0.3) is 0 Å². The van der Waals surface area contributed by atoms with E-state index >= 15 is 0 Å². The second kappa shape index (κ2) is 11.4. The number of rotatable bonds is 3. The molecular formula is C24H23Cl2S2Zr. The molecule has 0 bridgehead atoms. The van der Waals surface area contributed by atoms with Gasteiger partial charge in [-0.25, -0.2) is 0 Å². The van der Waals surface area contributed by atoms with E-state index in [4.69, 9.17) is 0 Å². The van der Waals surface area contributed by atoms with Crippen LogP contribution in [-0.4, -0.2) is 0 Å². The van der Waals surface area contributed by atoms with Crippen molar-refractivity contribution < 1.29 is 49.5 Å². The number of halogens is 2. The molecule has 149 valence electrons. The third kappa shape index (κ3) is 5.69. The molecule has 29 heavy (non-hydrogen) atoms. The Morgan fingerprint density at radius 3 is 2.59 bits per heavy atom. The Bertz CT molecular complexity index is 969. The van der Waals surface area contributed by atoms with E-state index in [9.17, 15) is 0 Å². The van der Waals surface area contributed by atoms with Gasteiger partial charge in [0.1, 0.15) is 0 Å². The molecule has 1 aromatic heterocycles. The van der Waals surface area contributed by atoms with Crippen molar-refractivity contribution in [3.05, 3.63) is 91.4 Å². The van der Waals surface area contributed by atoms with Gasteiger partial charge in [0.2, 0.25) is 0 Å². The molecule has 0 fully saturated rings. The fourth-order valence-corrected chi connectivity index (χ4v) is 7.30. The molecular weight excluding hydrogens is 515 g/mol. The maximum atomic E-state index is 2.39. The number of hydrogen-bond acceptors (Lipinski definition) is 2. The smallest absolute Gasteiger partial charge is 1.00 e. The molecule has 5 heteroatoms. The van der Waals surface area contributed by atoms with Crippen molar-refractivity contribution >= 4 is 34.7 Å². The molecule has 2 heterocycles. The predicted molar refractivity (Wildman–Crippen MR) is 117 cm³/mol. The van der Waals surface area contributed by atoms with E-state index in [1.807, 2.05) is 23.1 Å². The topological polar surface area (TPSA) is 0 Å². The molecule has 0 nitrogen and oxygen atoms in total. The molecule has 0 amide bonds. The van der Waals surface area contributed by atoms with Crippen LogP contribution in [0.1, 0.15) is 44.8 Å². The zero-order valence-corrected chi connectivity index (χ0v) is 22.1. The Kier molecular flexibility index (Phi) is 9.77. The maximum Gasteiger partial charge on any atom is -1.00 e. The molecule has 2 aromatic rings. The summed E-state index contributed by atoms with van der Waals surface area (Å²) in [5.74, 6) is 0.634. The van der Waals surface area contributed by atoms with E-state index in [2.05, 4.69) is 80.6 Å². The fourth-order valence-electron chi connectivity index (χ4n) is 3.64. The van der Waals surface area contributed by atoms with Gasteiger partial charge in [-0.05, 0) is 11.8 Å². The van der Waals surface area contributed by atoms with Gasteiger partial charge in [0.05, 0.1) is 0 Å². The fraction of sp³-hybridized carbons (Fsp3) is 0.250. The van der Waals surface area contributed by atoms with Gasteiger partial charge in [0, 0.05) is 10.8 Å². The van der Waals surface area contributed by atoms with Gasteiger partial charge < -0.3 is 24.8 Å². The van der Waals surface area contributed by atoms with E-state index in [0.29, 0.717) is 9.54 Å². The SMILES string of the molecule is CC1=CC2C=CC=C2S1.CCCc1ccc(C2=Cc3ccccc3[CH]2[Zr+2])s1.[Cl-].[Cl-]. The van der Waals surface area contributed by atoms with E-state index in [1.54, 1.807) is 24.7 Å². The zero-order chi connectivity index (χ0) is 18.8. The van der Waals surface area contributed by atoms with Crippen LogP contribution >= 0.6 is 23.1 Å². The second-order valence-corrected chi connectivity index (χ2v) is 10.9. The Balaban J connectivity index is 0.000000232. The van der Waals surface area contributed by atoms with Crippen molar-refractivity contribution in [2.24, 2.45) is 5.92 Å². The summed E-state index contributed by atoms with van der Waals surface area (Å²) < 4.78 is 0.626. The first kappa shape index (κ1) is 25.0.